The van der Waals surface area contributed by atoms with Crippen LogP contribution in [0.2, 0.25) is 0 Å². The van der Waals surface area contributed by atoms with E-state index in [1.54, 1.807) is 0 Å². The van der Waals surface area contributed by atoms with Crippen LogP contribution in [0.3, 0.4) is 0 Å². The van der Waals surface area contributed by atoms with Crippen LogP contribution < -0.4 is 5.73 Å². The van der Waals surface area contributed by atoms with E-state index in [1.807, 2.05) is 0 Å². The molecule has 0 heterocycles. The summed E-state index contributed by atoms with van der Waals surface area (Å²) < 4.78 is 0. The van der Waals surface area contributed by atoms with Crippen molar-refractivity contribution in [3.05, 3.63) is 0 Å². The predicted molar refractivity (Wildman–Crippen MR) is 57.6 cm³/mol. The molecular weight excluding hydrogens is 174 g/mol. The largest absolute Gasteiger partial charge is 0.316 e. The number of hydrogen-bond donors (Lipinski definition) is 1. The van der Waals surface area contributed by atoms with Gasteiger partial charge in [0.1, 0.15) is 0 Å². The first-order valence-corrected chi connectivity index (χ1v) is 5.52. The Morgan fingerprint density at radius 1 is 1.50 bits per heavy atom. The standard InChI is InChI=1S/C11H21N3/c1-9(2)14(8-10-3-4-10)6-5-11(13)7-12/h9-11H,3-6,8,13H2,1-2H3. The molecule has 3 heteroatoms. The average molecular weight is 195 g/mol. The third kappa shape index (κ3) is 4.08. The number of hydrogen-bond acceptors (Lipinski definition) is 3. The minimum absolute atomic E-state index is 0.296. The summed E-state index contributed by atoms with van der Waals surface area (Å²) in [6.45, 7) is 6.57. The number of nitrogens with two attached hydrogens (primary N) is 1. The lowest BCUT2D eigenvalue weighted by atomic mass is 10.2. The Morgan fingerprint density at radius 3 is 2.57 bits per heavy atom. The highest BCUT2D eigenvalue weighted by molar-refractivity contribution is 4.88. The van der Waals surface area contributed by atoms with Crippen molar-refractivity contribution in [3.8, 4) is 6.07 Å². The Morgan fingerprint density at radius 2 is 2.14 bits per heavy atom. The maximum absolute atomic E-state index is 8.59. The highest BCUT2D eigenvalue weighted by Crippen LogP contribution is 2.30. The maximum atomic E-state index is 8.59. The van der Waals surface area contributed by atoms with Crippen LogP contribution in [0.1, 0.15) is 33.1 Å². The molecule has 1 aliphatic rings. The van der Waals surface area contributed by atoms with Gasteiger partial charge in [0.2, 0.25) is 0 Å². The average Bonchev–Trinajstić information content (AvgIpc) is 2.94. The van der Waals surface area contributed by atoms with Gasteiger partial charge in [-0.3, -0.25) is 0 Å². The van der Waals surface area contributed by atoms with Gasteiger partial charge < -0.3 is 10.6 Å². The molecule has 0 aromatic heterocycles. The molecule has 80 valence electrons. The first-order chi connectivity index (χ1) is 6.63. The smallest absolute Gasteiger partial charge is 0.0940 e. The zero-order valence-electron chi connectivity index (χ0n) is 9.24. The predicted octanol–water partition coefficient (Wildman–Crippen LogP) is 1.35. The SMILES string of the molecule is CC(C)N(CCC(N)C#N)CC1CC1. The van der Waals surface area contributed by atoms with Crippen molar-refractivity contribution < 1.29 is 0 Å². The summed E-state index contributed by atoms with van der Waals surface area (Å²) in [4.78, 5) is 2.44. The van der Waals surface area contributed by atoms with E-state index in [0.29, 0.717) is 6.04 Å². The molecule has 0 amide bonds. The topological polar surface area (TPSA) is 53.0 Å². The van der Waals surface area contributed by atoms with Crippen LogP contribution in [0.5, 0.6) is 0 Å². The van der Waals surface area contributed by atoms with Gasteiger partial charge in [0, 0.05) is 19.1 Å². The first-order valence-electron chi connectivity index (χ1n) is 5.52. The van der Waals surface area contributed by atoms with Crippen LogP contribution in [0.15, 0.2) is 0 Å². The van der Waals surface area contributed by atoms with E-state index in [0.717, 1.165) is 18.9 Å². The molecule has 1 aliphatic carbocycles. The molecular formula is C11H21N3. The second-order valence-corrected chi connectivity index (χ2v) is 4.56. The van der Waals surface area contributed by atoms with Gasteiger partial charge in [0.15, 0.2) is 0 Å². The normalized spacial score (nSPS) is 18.6. The van der Waals surface area contributed by atoms with Crippen molar-refractivity contribution >= 4 is 0 Å². The number of rotatable bonds is 6. The zero-order valence-corrected chi connectivity index (χ0v) is 9.24. The van der Waals surface area contributed by atoms with Crippen LogP contribution in [0.4, 0.5) is 0 Å². The van der Waals surface area contributed by atoms with Gasteiger partial charge >= 0.3 is 0 Å². The van der Waals surface area contributed by atoms with Gasteiger partial charge in [-0.2, -0.15) is 5.26 Å². The summed E-state index contributed by atoms with van der Waals surface area (Å²) >= 11 is 0. The fourth-order valence-corrected chi connectivity index (χ4v) is 1.56. The first kappa shape index (κ1) is 11.5. The van der Waals surface area contributed by atoms with Gasteiger partial charge in [-0.25, -0.2) is 0 Å². The molecule has 1 unspecified atom stereocenters. The lowest BCUT2D eigenvalue weighted by Gasteiger charge is -2.26. The third-order valence-electron chi connectivity index (χ3n) is 2.81. The second-order valence-electron chi connectivity index (χ2n) is 4.56. The summed E-state index contributed by atoms with van der Waals surface area (Å²) in [7, 11) is 0. The van der Waals surface area contributed by atoms with Crippen molar-refractivity contribution in [1.82, 2.24) is 4.90 Å². The number of nitrogens with zero attached hydrogens (tertiary/aromatic N) is 2. The summed E-state index contributed by atoms with van der Waals surface area (Å²) in [5, 5.41) is 8.59. The molecule has 1 saturated carbocycles. The lowest BCUT2D eigenvalue weighted by Crippen LogP contribution is -2.36. The Hall–Kier alpha value is -0.590. The van der Waals surface area contributed by atoms with E-state index in [-0.39, 0.29) is 6.04 Å². The molecule has 2 N–H and O–H groups in total. The van der Waals surface area contributed by atoms with E-state index in [9.17, 15) is 0 Å². The van der Waals surface area contributed by atoms with E-state index in [4.69, 9.17) is 11.0 Å². The maximum Gasteiger partial charge on any atom is 0.0940 e. The Bertz CT molecular complexity index is 203. The molecule has 1 atom stereocenters. The highest BCUT2D eigenvalue weighted by Gasteiger charge is 2.25. The fourth-order valence-electron chi connectivity index (χ4n) is 1.56. The number of nitriles is 1. The van der Waals surface area contributed by atoms with E-state index >= 15 is 0 Å². The summed E-state index contributed by atoms with van der Waals surface area (Å²) in [6, 6.07) is 2.35. The van der Waals surface area contributed by atoms with Crippen molar-refractivity contribution in [2.24, 2.45) is 11.7 Å². The summed E-state index contributed by atoms with van der Waals surface area (Å²) in [6.07, 6.45) is 3.56. The van der Waals surface area contributed by atoms with Gasteiger partial charge in [0.25, 0.3) is 0 Å². The molecule has 0 spiro atoms. The van der Waals surface area contributed by atoms with Crippen LogP contribution in [0, 0.1) is 17.2 Å². The summed E-state index contributed by atoms with van der Waals surface area (Å²) in [5.74, 6) is 0.913. The quantitative estimate of drug-likeness (QED) is 0.696. The molecule has 14 heavy (non-hydrogen) atoms. The van der Waals surface area contributed by atoms with Gasteiger partial charge in [-0.1, -0.05) is 0 Å². The van der Waals surface area contributed by atoms with E-state index in [2.05, 4.69) is 24.8 Å². The van der Waals surface area contributed by atoms with Crippen LogP contribution in [-0.4, -0.2) is 30.1 Å². The molecule has 0 saturated heterocycles. The zero-order chi connectivity index (χ0) is 10.6. The highest BCUT2D eigenvalue weighted by atomic mass is 15.1. The lowest BCUT2D eigenvalue weighted by molar-refractivity contribution is 0.208. The molecule has 0 aromatic rings. The minimum atomic E-state index is -0.296. The van der Waals surface area contributed by atoms with Crippen LogP contribution >= 0.6 is 0 Å². The molecule has 3 nitrogen and oxygen atoms in total. The van der Waals surface area contributed by atoms with Crippen molar-refractivity contribution in [2.75, 3.05) is 13.1 Å². The summed E-state index contributed by atoms with van der Waals surface area (Å²) in [5.41, 5.74) is 5.58. The van der Waals surface area contributed by atoms with Gasteiger partial charge in [-0.05, 0) is 39.0 Å². The Labute approximate surface area is 86.9 Å². The molecule has 0 aromatic carbocycles. The van der Waals surface area contributed by atoms with E-state index in [1.165, 1.54) is 19.4 Å². The Kier molecular flexibility index (Phi) is 4.37. The van der Waals surface area contributed by atoms with Crippen LogP contribution in [-0.2, 0) is 0 Å². The molecule has 0 radical (unpaired) electrons. The van der Waals surface area contributed by atoms with Crippen molar-refractivity contribution in [3.63, 3.8) is 0 Å². The third-order valence-corrected chi connectivity index (χ3v) is 2.81. The van der Waals surface area contributed by atoms with E-state index < -0.39 is 0 Å². The minimum Gasteiger partial charge on any atom is -0.316 e. The fraction of sp³-hybridized carbons (Fsp3) is 0.909. The van der Waals surface area contributed by atoms with Gasteiger partial charge in [-0.15, -0.1) is 0 Å². The van der Waals surface area contributed by atoms with Gasteiger partial charge in [0.05, 0.1) is 12.1 Å². The van der Waals surface area contributed by atoms with Crippen LogP contribution in [0.25, 0.3) is 0 Å². The second kappa shape index (κ2) is 5.33. The molecule has 0 bridgehead atoms. The van der Waals surface area contributed by atoms with Crippen molar-refractivity contribution in [1.29, 1.82) is 5.26 Å². The van der Waals surface area contributed by atoms with Crippen molar-refractivity contribution in [2.45, 2.75) is 45.2 Å². The molecule has 0 aliphatic heterocycles. The Balaban J connectivity index is 2.24. The monoisotopic (exact) mass is 195 g/mol. The molecule has 1 fully saturated rings. The molecule has 1 rings (SSSR count).